The van der Waals surface area contributed by atoms with E-state index in [1.807, 2.05) is 0 Å². The zero-order valence-electron chi connectivity index (χ0n) is 10.4. The molecule has 1 amide bonds. The molecule has 20 heavy (non-hydrogen) atoms. The number of nitrogens with zero attached hydrogens (tertiary/aromatic N) is 4. The molecule has 0 aromatic carbocycles. The summed E-state index contributed by atoms with van der Waals surface area (Å²) in [5.74, 6) is 0.0408. The molecule has 1 aliphatic heterocycles. The molecule has 7 nitrogen and oxygen atoms in total. The monoisotopic (exact) mass is 294 g/mol. The molecule has 0 N–H and O–H groups in total. The zero-order valence-corrected chi connectivity index (χ0v) is 11.2. The number of rotatable bonds is 3. The lowest BCUT2D eigenvalue weighted by atomic mass is 10.3. The van der Waals surface area contributed by atoms with Crippen LogP contribution in [0.1, 0.15) is 17.0 Å². The van der Waals surface area contributed by atoms with E-state index in [1.165, 1.54) is 18.6 Å². The van der Waals surface area contributed by atoms with Crippen LogP contribution in [0.25, 0.3) is 0 Å². The first-order chi connectivity index (χ1) is 9.72. The standard InChI is InChI=1S/C12H11ClN4O3/c13-8-5-14-12(15-6-8)19-9-2-4-17(7-9)11(18)10-1-3-16-20-10/h1,3,5-6,9H,2,4,7H2/t9-/m1/s1. The van der Waals surface area contributed by atoms with Crippen LogP contribution < -0.4 is 4.74 Å². The first-order valence-electron chi connectivity index (χ1n) is 6.06. The lowest BCUT2D eigenvalue weighted by Crippen LogP contribution is -2.30. The second-order valence-corrected chi connectivity index (χ2v) is 4.78. The van der Waals surface area contributed by atoms with Crippen molar-refractivity contribution in [3.63, 3.8) is 0 Å². The Labute approximate surface area is 119 Å². The third kappa shape index (κ3) is 2.72. The zero-order chi connectivity index (χ0) is 13.9. The van der Waals surface area contributed by atoms with Gasteiger partial charge in [0.25, 0.3) is 5.91 Å². The van der Waals surface area contributed by atoms with Gasteiger partial charge in [0.05, 0.1) is 30.2 Å². The van der Waals surface area contributed by atoms with Crippen LogP contribution in [0.5, 0.6) is 6.01 Å². The van der Waals surface area contributed by atoms with Crippen molar-refractivity contribution in [3.8, 4) is 6.01 Å². The summed E-state index contributed by atoms with van der Waals surface area (Å²) in [6.07, 6.45) is 4.96. The average Bonchev–Trinajstić information content (AvgIpc) is 3.12. The van der Waals surface area contributed by atoms with Gasteiger partial charge in [0.2, 0.25) is 5.76 Å². The van der Waals surface area contributed by atoms with Gasteiger partial charge in [-0.05, 0) is 0 Å². The fraction of sp³-hybridized carbons (Fsp3) is 0.333. The molecule has 3 rings (SSSR count). The van der Waals surface area contributed by atoms with Crippen molar-refractivity contribution in [3.05, 3.63) is 35.4 Å². The maximum absolute atomic E-state index is 12.0. The summed E-state index contributed by atoms with van der Waals surface area (Å²) in [6, 6.07) is 1.80. The van der Waals surface area contributed by atoms with E-state index >= 15 is 0 Å². The van der Waals surface area contributed by atoms with E-state index in [0.29, 0.717) is 24.5 Å². The van der Waals surface area contributed by atoms with Gasteiger partial charge in [-0.2, -0.15) is 0 Å². The van der Waals surface area contributed by atoms with E-state index in [4.69, 9.17) is 20.9 Å². The van der Waals surface area contributed by atoms with Gasteiger partial charge in [-0.25, -0.2) is 9.97 Å². The smallest absolute Gasteiger partial charge is 0.316 e. The van der Waals surface area contributed by atoms with E-state index < -0.39 is 0 Å². The maximum atomic E-state index is 12.0. The van der Waals surface area contributed by atoms with Crippen molar-refractivity contribution in [1.29, 1.82) is 0 Å². The predicted octanol–water partition coefficient (Wildman–Crippen LogP) is 1.41. The summed E-state index contributed by atoms with van der Waals surface area (Å²) < 4.78 is 10.5. The molecule has 2 aromatic rings. The molecular formula is C12H11ClN4O3. The molecule has 0 saturated carbocycles. The number of ether oxygens (including phenoxy) is 1. The van der Waals surface area contributed by atoms with Crippen molar-refractivity contribution in [1.82, 2.24) is 20.0 Å². The van der Waals surface area contributed by atoms with Crippen molar-refractivity contribution >= 4 is 17.5 Å². The highest BCUT2D eigenvalue weighted by Gasteiger charge is 2.30. The predicted molar refractivity (Wildman–Crippen MR) is 68.5 cm³/mol. The largest absolute Gasteiger partial charge is 0.458 e. The summed E-state index contributed by atoms with van der Waals surface area (Å²) in [5, 5.41) is 3.97. The third-order valence-corrected chi connectivity index (χ3v) is 3.14. The van der Waals surface area contributed by atoms with Gasteiger partial charge in [0.15, 0.2) is 0 Å². The Balaban J connectivity index is 1.59. The molecule has 1 fully saturated rings. The lowest BCUT2D eigenvalue weighted by Gasteiger charge is -2.14. The van der Waals surface area contributed by atoms with Gasteiger partial charge in [0, 0.05) is 19.0 Å². The van der Waals surface area contributed by atoms with Gasteiger partial charge in [-0.3, -0.25) is 4.79 Å². The van der Waals surface area contributed by atoms with E-state index in [0.717, 1.165) is 0 Å². The minimum Gasteiger partial charge on any atom is -0.458 e. The Bertz CT molecular complexity index is 587. The van der Waals surface area contributed by atoms with Crippen LogP contribution in [-0.4, -0.2) is 45.1 Å². The third-order valence-electron chi connectivity index (χ3n) is 2.95. The van der Waals surface area contributed by atoms with Gasteiger partial charge in [-0.1, -0.05) is 16.8 Å². The molecule has 3 heterocycles. The minimum absolute atomic E-state index is 0.136. The maximum Gasteiger partial charge on any atom is 0.316 e. The highest BCUT2D eigenvalue weighted by molar-refractivity contribution is 6.30. The van der Waals surface area contributed by atoms with E-state index in [2.05, 4.69) is 15.1 Å². The normalized spacial score (nSPS) is 18.2. The summed E-state index contributed by atoms with van der Waals surface area (Å²) in [5.41, 5.74) is 0. The molecule has 1 atom stereocenters. The van der Waals surface area contributed by atoms with Gasteiger partial charge in [-0.15, -0.1) is 0 Å². The number of amides is 1. The Morgan fingerprint density at radius 1 is 1.45 bits per heavy atom. The fourth-order valence-electron chi connectivity index (χ4n) is 2.00. The van der Waals surface area contributed by atoms with E-state index in [-0.39, 0.29) is 23.8 Å². The molecule has 0 unspecified atom stereocenters. The van der Waals surface area contributed by atoms with Crippen LogP contribution >= 0.6 is 11.6 Å². The molecule has 1 aliphatic rings. The van der Waals surface area contributed by atoms with Crippen molar-refractivity contribution < 1.29 is 14.1 Å². The van der Waals surface area contributed by atoms with Gasteiger partial charge < -0.3 is 14.2 Å². The Kier molecular flexibility index (Phi) is 3.51. The van der Waals surface area contributed by atoms with Crippen LogP contribution in [0.2, 0.25) is 5.02 Å². The van der Waals surface area contributed by atoms with Crippen LogP contribution in [-0.2, 0) is 0 Å². The fourth-order valence-corrected chi connectivity index (χ4v) is 2.10. The molecular weight excluding hydrogens is 284 g/mol. The van der Waals surface area contributed by atoms with Crippen LogP contribution in [0, 0.1) is 0 Å². The number of carbonyl (C=O) groups excluding carboxylic acids is 1. The molecule has 2 aromatic heterocycles. The van der Waals surface area contributed by atoms with Crippen LogP contribution in [0.4, 0.5) is 0 Å². The molecule has 0 bridgehead atoms. The van der Waals surface area contributed by atoms with Gasteiger partial charge >= 0.3 is 6.01 Å². The molecule has 8 heteroatoms. The average molecular weight is 295 g/mol. The molecule has 1 saturated heterocycles. The first kappa shape index (κ1) is 12.9. The Morgan fingerprint density at radius 2 is 2.25 bits per heavy atom. The summed E-state index contributed by atoms with van der Waals surface area (Å²) in [4.78, 5) is 21.6. The number of aromatic nitrogens is 3. The van der Waals surface area contributed by atoms with Crippen molar-refractivity contribution in [2.24, 2.45) is 0 Å². The molecule has 104 valence electrons. The Hall–Kier alpha value is -2.15. The molecule has 0 aliphatic carbocycles. The topological polar surface area (TPSA) is 81.4 Å². The summed E-state index contributed by atoms with van der Waals surface area (Å²) >= 11 is 5.70. The van der Waals surface area contributed by atoms with Crippen LogP contribution in [0.15, 0.2) is 29.2 Å². The number of hydrogen-bond donors (Lipinski definition) is 0. The highest BCUT2D eigenvalue weighted by atomic mass is 35.5. The lowest BCUT2D eigenvalue weighted by molar-refractivity contribution is 0.0728. The minimum atomic E-state index is -0.189. The van der Waals surface area contributed by atoms with E-state index in [1.54, 1.807) is 11.0 Å². The number of hydrogen-bond acceptors (Lipinski definition) is 6. The van der Waals surface area contributed by atoms with Gasteiger partial charge in [0.1, 0.15) is 6.10 Å². The van der Waals surface area contributed by atoms with Crippen molar-refractivity contribution in [2.75, 3.05) is 13.1 Å². The number of likely N-dealkylation sites (tertiary alicyclic amines) is 1. The number of carbonyl (C=O) groups is 1. The second-order valence-electron chi connectivity index (χ2n) is 4.34. The summed E-state index contributed by atoms with van der Waals surface area (Å²) in [6.45, 7) is 1.06. The Morgan fingerprint density at radius 3 is 2.95 bits per heavy atom. The summed E-state index contributed by atoms with van der Waals surface area (Å²) in [7, 11) is 0. The molecule has 0 radical (unpaired) electrons. The second kappa shape index (κ2) is 5.46. The number of halogens is 1. The quantitative estimate of drug-likeness (QED) is 0.851. The first-order valence-corrected chi connectivity index (χ1v) is 6.44. The molecule has 0 spiro atoms. The van der Waals surface area contributed by atoms with Crippen LogP contribution in [0.3, 0.4) is 0 Å². The highest BCUT2D eigenvalue weighted by Crippen LogP contribution is 2.17. The SMILES string of the molecule is O=C(c1ccno1)N1CC[C@@H](Oc2ncc(Cl)cn2)C1. The van der Waals surface area contributed by atoms with E-state index in [9.17, 15) is 4.79 Å². The van der Waals surface area contributed by atoms with Crippen molar-refractivity contribution in [2.45, 2.75) is 12.5 Å².